The SMILES string of the molecule is CC(=O)c1c(C)[nH]c(C(=O)C(C)Sc2n[nH]c(=O)n2CCc2ccccc2)c1C. The van der Waals surface area contributed by atoms with Gasteiger partial charge in [0.25, 0.3) is 0 Å². The fourth-order valence-corrected chi connectivity index (χ4v) is 4.36. The number of hydrogen-bond acceptors (Lipinski definition) is 5. The van der Waals surface area contributed by atoms with E-state index < -0.39 is 5.25 Å². The van der Waals surface area contributed by atoms with Crippen LogP contribution in [0.3, 0.4) is 0 Å². The number of aromatic amines is 2. The van der Waals surface area contributed by atoms with Gasteiger partial charge in [-0.15, -0.1) is 5.10 Å². The second-order valence-electron chi connectivity index (χ2n) is 7.00. The molecule has 0 aliphatic carbocycles. The van der Waals surface area contributed by atoms with E-state index in [-0.39, 0.29) is 17.3 Å². The van der Waals surface area contributed by atoms with Gasteiger partial charge in [0.1, 0.15) is 0 Å². The molecule has 3 rings (SSSR count). The molecule has 0 saturated heterocycles. The van der Waals surface area contributed by atoms with Crippen LogP contribution in [-0.2, 0) is 13.0 Å². The lowest BCUT2D eigenvalue weighted by Crippen LogP contribution is -2.21. The molecule has 8 heteroatoms. The molecule has 0 saturated carbocycles. The van der Waals surface area contributed by atoms with Gasteiger partial charge in [-0.3, -0.25) is 14.2 Å². The van der Waals surface area contributed by atoms with Gasteiger partial charge in [-0.1, -0.05) is 42.1 Å². The Balaban J connectivity index is 1.77. The maximum absolute atomic E-state index is 13.0. The third kappa shape index (κ3) is 4.42. The predicted octanol–water partition coefficient (Wildman–Crippen LogP) is 3.33. The lowest BCUT2D eigenvalue weighted by Gasteiger charge is -2.11. The lowest BCUT2D eigenvalue weighted by atomic mass is 10.0. The number of aromatic nitrogens is 4. The summed E-state index contributed by atoms with van der Waals surface area (Å²) in [5.74, 6) is -0.203. The number of thioether (sulfide) groups is 1. The van der Waals surface area contributed by atoms with Gasteiger partial charge in [-0.25, -0.2) is 9.89 Å². The van der Waals surface area contributed by atoms with Crippen molar-refractivity contribution in [1.82, 2.24) is 19.7 Å². The number of H-pyrrole nitrogens is 2. The zero-order valence-electron chi connectivity index (χ0n) is 16.9. The normalized spacial score (nSPS) is 12.1. The molecular formula is C21H24N4O3S. The quantitative estimate of drug-likeness (QED) is 0.437. The second kappa shape index (κ2) is 8.65. The van der Waals surface area contributed by atoms with Gasteiger partial charge in [0.05, 0.1) is 10.9 Å². The molecule has 2 aromatic heterocycles. The largest absolute Gasteiger partial charge is 0.355 e. The summed E-state index contributed by atoms with van der Waals surface area (Å²) in [6, 6.07) is 9.88. The van der Waals surface area contributed by atoms with Crippen LogP contribution in [0.1, 0.15) is 51.5 Å². The highest BCUT2D eigenvalue weighted by molar-refractivity contribution is 8.00. The van der Waals surface area contributed by atoms with Crippen LogP contribution in [-0.4, -0.2) is 36.6 Å². The summed E-state index contributed by atoms with van der Waals surface area (Å²) in [6.45, 7) is 7.29. The van der Waals surface area contributed by atoms with Crippen LogP contribution < -0.4 is 5.69 Å². The molecule has 0 spiro atoms. The van der Waals surface area contributed by atoms with Gasteiger partial charge in [0.2, 0.25) is 0 Å². The number of carbonyl (C=O) groups excluding carboxylic acids is 2. The molecule has 2 N–H and O–H groups in total. The minimum Gasteiger partial charge on any atom is -0.355 e. The zero-order chi connectivity index (χ0) is 21.1. The minimum atomic E-state index is -0.475. The van der Waals surface area contributed by atoms with E-state index >= 15 is 0 Å². The van der Waals surface area contributed by atoms with E-state index in [0.29, 0.717) is 40.6 Å². The second-order valence-corrected chi connectivity index (χ2v) is 8.31. The molecule has 152 valence electrons. The molecule has 7 nitrogen and oxygen atoms in total. The molecule has 3 aromatic rings. The molecule has 0 amide bonds. The fraction of sp³-hybridized carbons (Fsp3) is 0.333. The first-order chi connectivity index (χ1) is 13.8. The number of benzene rings is 1. The van der Waals surface area contributed by atoms with Crippen molar-refractivity contribution in [3.63, 3.8) is 0 Å². The monoisotopic (exact) mass is 412 g/mol. The number of carbonyl (C=O) groups is 2. The Hall–Kier alpha value is -2.87. The van der Waals surface area contributed by atoms with E-state index in [1.807, 2.05) is 30.3 Å². The fourth-order valence-electron chi connectivity index (χ4n) is 3.42. The Morgan fingerprint density at radius 2 is 1.90 bits per heavy atom. The highest BCUT2D eigenvalue weighted by Gasteiger charge is 2.25. The zero-order valence-corrected chi connectivity index (χ0v) is 17.7. The van der Waals surface area contributed by atoms with Gasteiger partial charge in [0.15, 0.2) is 16.7 Å². The average molecular weight is 413 g/mol. The maximum atomic E-state index is 13.0. The predicted molar refractivity (Wildman–Crippen MR) is 113 cm³/mol. The standard InChI is InChI=1S/C21H24N4O3S/c1-12-17(14(3)26)13(2)22-18(12)19(27)15(4)29-21-24-23-20(28)25(21)11-10-16-8-6-5-7-9-16/h5-9,15,22H,10-11H2,1-4H3,(H,23,28). The van der Waals surface area contributed by atoms with E-state index in [1.165, 1.54) is 18.7 Å². The molecule has 1 unspecified atom stereocenters. The van der Waals surface area contributed by atoms with Crippen molar-refractivity contribution in [2.75, 3.05) is 0 Å². The van der Waals surface area contributed by atoms with Gasteiger partial charge in [-0.2, -0.15) is 0 Å². The Bertz CT molecular complexity index is 1100. The van der Waals surface area contributed by atoms with Crippen molar-refractivity contribution in [3.05, 3.63) is 68.9 Å². The van der Waals surface area contributed by atoms with Crippen molar-refractivity contribution in [2.24, 2.45) is 0 Å². The van der Waals surface area contributed by atoms with E-state index in [4.69, 9.17) is 0 Å². The van der Waals surface area contributed by atoms with Crippen molar-refractivity contribution in [3.8, 4) is 0 Å². The third-order valence-electron chi connectivity index (χ3n) is 4.88. The first-order valence-electron chi connectivity index (χ1n) is 9.39. The first kappa shape index (κ1) is 20.9. The third-order valence-corrected chi connectivity index (χ3v) is 5.97. The van der Waals surface area contributed by atoms with Crippen LogP contribution >= 0.6 is 11.8 Å². The number of hydrogen-bond donors (Lipinski definition) is 2. The Morgan fingerprint density at radius 1 is 1.21 bits per heavy atom. The molecular weight excluding hydrogens is 388 g/mol. The summed E-state index contributed by atoms with van der Waals surface area (Å²) in [5, 5.41) is 6.56. The summed E-state index contributed by atoms with van der Waals surface area (Å²) >= 11 is 1.23. The number of nitrogens with zero attached hydrogens (tertiary/aromatic N) is 2. The van der Waals surface area contributed by atoms with Gasteiger partial charge >= 0.3 is 5.69 Å². The van der Waals surface area contributed by atoms with E-state index in [1.54, 1.807) is 25.3 Å². The van der Waals surface area contributed by atoms with E-state index in [2.05, 4.69) is 15.2 Å². The van der Waals surface area contributed by atoms with Crippen LogP contribution in [0.2, 0.25) is 0 Å². The van der Waals surface area contributed by atoms with Crippen LogP contribution in [0.5, 0.6) is 0 Å². The van der Waals surface area contributed by atoms with Crippen molar-refractivity contribution < 1.29 is 9.59 Å². The van der Waals surface area contributed by atoms with Crippen LogP contribution in [0.4, 0.5) is 0 Å². The van der Waals surface area contributed by atoms with Crippen LogP contribution in [0, 0.1) is 13.8 Å². The summed E-state index contributed by atoms with van der Waals surface area (Å²) in [4.78, 5) is 40.0. The van der Waals surface area contributed by atoms with E-state index in [0.717, 1.165) is 5.56 Å². The molecule has 1 aromatic carbocycles. The number of aryl methyl sites for hydroxylation is 2. The molecule has 1 atom stereocenters. The lowest BCUT2D eigenvalue weighted by molar-refractivity contribution is 0.0988. The Kier molecular flexibility index (Phi) is 6.22. The smallest absolute Gasteiger partial charge is 0.343 e. The molecule has 0 aliphatic heterocycles. The summed E-state index contributed by atoms with van der Waals surface area (Å²) in [6.07, 6.45) is 0.688. The van der Waals surface area contributed by atoms with Crippen molar-refractivity contribution in [1.29, 1.82) is 0 Å². The van der Waals surface area contributed by atoms with Gasteiger partial charge < -0.3 is 4.98 Å². The van der Waals surface area contributed by atoms with Crippen molar-refractivity contribution >= 4 is 23.3 Å². The number of nitrogens with one attached hydrogen (secondary N) is 2. The summed E-state index contributed by atoms with van der Waals surface area (Å²) in [7, 11) is 0. The topological polar surface area (TPSA) is 101 Å². The van der Waals surface area contributed by atoms with Crippen LogP contribution in [0.15, 0.2) is 40.3 Å². The molecule has 0 radical (unpaired) electrons. The molecule has 0 aliphatic rings. The highest BCUT2D eigenvalue weighted by atomic mass is 32.2. The highest BCUT2D eigenvalue weighted by Crippen LogP contribution is 2.26. The Morgan fingerprint density at radius 3 is 2.52 bits per heavy atom. The van der Waals surface area contributed by atoms with Gasteiger partial charge in [-0.05, 0) is 45.2 Å². The minimum absolute atomic E-state index is 0.0716. The summed E-state index contributed by atoms with van der Waals surface area (Å²) < 4.78 is 1.55. The first-order valence-corrected chi connectivity index (χ1v) is 10.3. The number of ketones is 2. The molecule has 2 heterocycles. The van der Waals surface area contributed by atoms with Crippen molar-refractivity contribution in [2.45, 2.75) is 51.1 Å². The molecule has 0 bridgehead atoms. The summed E-state index contributed by atoms with van der Waals surface area (Å²) in [5.41, 5.74) is 3.17. The number of rotatable bonds is 8. The van der Waals surface area contributed by atoms with E-state index in [9.17, 15) is 14.4 Å². The van der Waals surface area contributed by atoms with Gasteiger partial charge in [0, 0.05) is 17.8 Å². The number of Topliss-reactive ketones (excluding diaryl/α,β-unsaturated/α-hetero) is 2. The average Bonchev–Trinajstić information content (AvgIpc) is 3.18. The maximum Gasteiger partial charge on any atom is 0.343 e. The molecule has 0 fully saturated rings. The van der Waals surface area contributed by atoms with Crippen LogP contribution in [0.25, 0.3) is 0 Å². The Labute approximate surface area is 172 Å². The molecule has 29 heavy (non-hydrogen) atoms.